The largest absolute Gasteiger partial charge is 0.335 e. The molecule has 0 bridgehead atoms. The summed E-state index contributed by atoms with van der Waals surface area (Å²) in [5.74, 6) is -0.258. The van der Waals surface area contributed by atoms with Gasteiger partial charge in [0.1, 0.15) is 6.54 Å². The van der Waals surface area contributed by atoms with Crippen LogP contribution in [0.3, 0.4) is 0 Å². The van der Waals surface area contributed by atoms with E-state index in [1.807, 2.05) is 62.4 Å². The number of aromatic nitrogens is 3. The van der Waals surface area contributed by atoms with Crippen molar-refractivity contribution in [2.75, 3.05) is 5.32 Å². The number of rotatable bonds is 4. The minimum Gasteiger partial charge on any atom is -0.324 e. The van der Waals surface area contributed by atoms with Crippen molar-refractivity contribution in [3.8, 4) is 5.69 Å². The third-order valence-electron chi connectivity index (χ3n) is 4.67. The lowest BCUT2D eigenvalue weighted by Crippen LogP contribution is -2.29. The Hall–Kier alpha value is -3.67. The molecule has 0 fully saturated rings. The molecule has 6 nitrogen and oxygen atoms in total. The van der Waals surface area contributed by atoms with Crippen molar-refractivity contribution in [3.05, 3.63) is 88.5 Å². The summed E-state index contributed by atoms with van der Waals surface area (Å²) in [6, 6.07) is 18.7. The summed E-state index contributed by atoms with van der Waals surface area (Å²) in [6.45, 7) is 3.82. The number of para-hydroxylation sites is 1. The number of amides is 1. The van der Waals surface area contributed by atoms with Crippen LogP contribution in [-0.2, 0) is 11.3 Å². The normalized spacial score (nSPS) is 10.9. The van der Waals surface area contributed by atoms with Crippen LogP contribution < -0.4 is 11.0 Å². The van der Waals surface area contributed by atoms with E-state index in [0.29, 0.717) is 16.9 Å². The van der Waals surface area contributed by atoms with Gasteiger partial charge < -0.3 is 5.32 Å². The van der Waals surface area contributed by atoms with Crippen LogP contribution in [0.5, 0.6) is 0 Å². The molecule has 0 spiro atoms. The summed E-state index contributed by atoms with van der Waals surface area (Å²) in [7, 11) is 0. The Bertz CT molecular complexity index is 1220. The van der Waals surface area contributed by atoms with Crippen molar-refractivity contribution in [1.82, 2.24) is 14.1 Å². The predicted octanol–water partition coefficient (Wildman–Crippen LogP) is 3.44. The molecule has 0 aliphatic rings. The van der Waals surface area contributed by atoms with E-state index in [1.54, 1.807) is 18.3 Å². The fourth-order valence-corrected chi connectivity index (χ4v) is 3.25. The highest BCUT2D eigenvalue weighted by atomic mass is 16.2. The van der Waals surface area contributed by atoms with Crippen molar-refractivity contribution in [2.45, 2.75) is 20.4 Å². The Morgan fingerprint density at radius 2 is 1.82 bits per heavy atom. The van der Waals surface area contributed by atoms with Gasteiger partial charge in [-0.05, 0) is 55.3 Å². The molecular formula is C22H20N4O2. The van der Waals surface area contributed by atoms with Crippen LogP contribution in [-0.4, -0.2) is 20.0 Å². The van der Waals surface area contributed by atoms with Gasteiger partial charge >= 0.3 is 5.69 Å². The lowest BCUT2D eigenvalue weighted by Gasteiger charge is -2.10. The molecule has 0 unspecified atom stereocenters. The zero-order valence-corrected chi connectivity index (χ0v) is 15.7. The number of hydrogen-bond donors (Lipinski definition) is 1. The highest BCUT2D eigenvalue weighted by molar-refractivity contribution is 5.92. The Balaban J connectivity index is 1.73. The zero-order valence-electron chi connectivity index (χ0n) is 15.7. The number of pyridine rings is 1. The monoisotopic (exact) mass is 372 g/mol. The standard InChI is InChI=1S/C22H20N4O2/c1-15-10-11-16(2)18(13-15)24-20(27)14-25-19-9-6-12-23-21(19)26(22(25)28)17-7-4-3-5-8-17/h3-13H,14H2,1-2H3,(H,24,27). The molecule has 1 N–H and O–H groups in total. The molecule has 0 saturated heterocycles. The van der Waals surface area contributed by atoms with E-state index in [2.05, 4.69) is 10.3 Å². The summed E-state index contributed by atoms with van der Waals surface area (Å²) >= 11 is 0. The van der Waals surface area contributed by atoms with E-state index in [0.717, 1.165) is 16.8 Å². The molecular weight excluding hydrogens is 352 g/mol. The molecule has 1 amide bonds. The number of nitrogens with one attached hydrogen (secondary N) is 1. The second kappa shape index (κ2) is 7.15. The molecule has 0 aliphatic carbocycles. The molecule has 28 heavy (non-hydrogen) atoms. The van der Waals surface area contributed by atoms with Gasteiger partial charge in [0, 0.05) is 11.9 Å². The van der Waals surface area contributed by atoms with E-state index < -0.39 is 0 Å². The first-order valence-electron chi connectivity index (χ1n) is 9.03. The van der Waals surface area contributed by atoms with E-state index in [4.69, 9.17) is 0 Å². The smallest absolute Gasteiger partial charge is 0.324 e. The minimum absolute atomic E-state index is 0.0890. The molecule has 140 valence electrons. The maximum absolute atomic E-state index is 13.1. The summed E-state index contributed by atoms with van der Waals surface area (Å²) in [5.41, 5.74) is 4.34. The fraction of sp³-hybridized carbons (Fsp3) is 0.136. The number of aryl methyl sites for hydroxylation is 2. The van der Waals surface area contributed by atoms with Gasteiger partial charge in [-0.15, -0.1) is 0 Å². The first-order valence-corrected chi connectivity index (χ1v) is 9.03. The van der Waals surface area contributed by atoms with E-state index >= 15 is 0 Å². The first-order chi connectivity index (χ1) is 13.5. The molecule has 2 aromatic heterocycles. The molecule has 0 atom stereocenters. The van der Waals surface area contributed by atoms with Crippen molar-refractivity contribution in [1.29, 1.82) is 0 Å². The van der Waals surface area contributed by atoms with Crippen LogP contribution in [0.4, 0.5) is 5.69 Å². The number of fused-ring (bicyclic) bond motifs is 1. The predicted molar refractivity (Wildman–Crippen MR) is 110 cm³/mol. The number of benzene rings is 2. The molecule has 6 heteroatoms. The van der Waals surface area contributed by atoms with Gasteiger partial charge in [0.05, 0.1) is 11.2 Å². The number of hydrogen-bond acceptors (Lipinski definition) is 3. The molecule has 2 heterocycles. The Morgan fingerprint density at radius 1 is 1.04 bits per heavy atom. The highest BCUT2D eigenvalue weighted by Crippen LogP contribution is 2.18. The van der Waals surface area contributed by atoms with Crippen molar-refractivity contribution >= 4 is 22.8 Å². The first kappa shape index (κ1) is 17.7. The van der Waals surface area contributed by atoms with Crippen LogP contribution >= 0.6 is 0 Å². The third kappa shape index (κ3) is 3.20. The Morgan fingerprint density at radius 3 is 2.61 bits per heavy atom. The second-order valence-electron chi connectivity index (χ2n) is 6.75. The number of anilines is 1. The number of imidazole rings is 1. The van der Waals surface area contributed by atoms with E-state index in [1.165, 1.54) is 9.13 Å². The van der Waals surface area contributed by atoms with Crippen LogP contribution in [0.25, 0.3) is 16.9 Å². The quantitative estimate of drug-likeness (QED) is 0.597. The molecule has 2 aromatic carbocycles. The lowest BCUT2D eigenvalue weighted by atomic mass is 10.1. The average Bonchev–Trinajstić information content (AvgIpc) is 2.97. The zero-order chi connectivity index (χ0) is 19.7. The third-order valence-corrected chi connectivity index (χ3v) is 4.67. The lowest BCUT2D eigenvalue weighted by molar-refractivity contribution is -0.116. The van der Waals surface area contributed by atoms with Crippen LogP contribution in [0, 0.1) is 13.8 Å². The van der Waals surface area contributed by atoms with Gasteiger partial charge in [-0.3, -0.25) is 9.36 Å². The topological polar surface area (TPSA) is 68.9 Å². The molecule has 0 radical (unpaired) electrons. The van der Waals surface area contributed by atoms with Crippen LogP contribution in [0.15, 0.2) is 71.7 Å². The maximum Gasteiger partial charge on any atom is 0.335 e. The molecule has 4 aromatic rings. The van der Waals surface area contributed by atoms with Crippen LogP contribution in [0.2, 0.25) is 0 Å². The van der Waals surface area contributed by atoms with Gasteiger partial charge in [-0.25, -0.2) is 14.3 Å². The summed E-state index contributed by atoms with van der Waals surface area (Å²) in [6.07, 6.45) is 1.64. The number of carbonyl (C=O) groups is 1. The van der Waals surface area contributed by atoms with Gasteiger partial charge in [-0.1, -0.05) is 30.3 Å². The van der Waals surface area contributed by atoms with Crippen LogP contribution in [0.1, 0.15) is 11.1 Å². The fourth-order valence-electron chi connectivity index (χ4n) is 3.25. The number of nitrogens with zero attached hydrogens (tertiary/aromatic N) is 3. The van der Waals surface area contributed by atoms with Gasteiger partial charge in [0.2, 0.25) is 5.91 Å². The summed E-state index contributed by atoms with van der Waals surface area (Å²) in [5, 5.41) is 2.91. The van der Waals surface area contributed by atoms with E-state index in [-0.39, 0.29) is 18.1 Å². The van der Waals surface area contributed by atoms with Gasteiger partial charge in [0.25, 0.3) is 0 Å². The highest BCUT2D eigenvalue weighted by Gasteiger charge is 2.17. The summed E-state index contributed by atoms with van der Waals surface area (Å²) < 4.78 is 2.98. The Kier molecular flexibility index (Phi) is 4.53. The van der Waals surface area contributed by atoms with E-state index in [9.17, 15) is 9.59 Å². The summed E-state index contributed by atoms with van der Waals surface area (Å²) in [4.78, 5) is 30.2. The molecule has 0 aliphatic heterocycles. The van der Waals surface area contributed by atoms with Gasteiger partial charge in [0.15, 0.2) is 5.65 Å². The maximum atomic E-state index is 13.1. The number of carbonyl (C=O) groups excluding carboxylic acids is 1. The molecule has 4 rings (SSSR count). The second-order valence-corrected chi connectivity index (χ2v) is 6.75. The molecule has 0 saturated carbocycles. The Labute approximate surface area is 162 Å². The SMILES string of the molecule is Cc1ccc(C)c(NC(=O)Cn2c(=O)n(-c3ccccc3)c3ncccc32)c1. The van der Waals surface area contributed by atoms with Gasteiger partial charge in [-0.2, -0.15) is 0 Å². The average molecular weight is 372 g/mol. The minimum atomic E-state index is -0.295. The van der Waals surface area contributed by atoms with Crippen molar-refractivity contribution in [2.24, 2.45) is 0 Å². The van der Waals surface area contributed by atoms with Crippen molar-refractivity contribution in [3.63, 3.8) is 0 Å². The van der Waals surface area contributed by atoms with Crippen molar-refractivity contribution < 1.29 is 4.79 Å².